The first-order chi connectivity index (χ1) is 11.9. The summed E-state index contributed by atoms with van der Waals surface area (Å²) >= 11 is 0.761. The average molecular weight is 371 g/mol. The number of carbonyl (C=O) groups is 1. The Balaban J connectivity index is 2.21. The highest BCUT2D eigenvalue weighted by Crippen LogP contribution is 2.37. The number of carbonyl (C=O) groups excluding carboxylic acids is 1. The summed E-state index contributed by atoms with van der Waals surface area (Å²) in [5.41, 5.74) is -0.572. The number of benzene rings is 1. The van der Waals surface area contributed by atoms with E-state index >= 15 is 0 Å². The SMILES string of the molecule is CCN(CC)CCNC(=O)c1sc(-c2ccccc2)nc1C(F)(F)F. The van der Waals surface area contributed by atoms with Crippen molar-refractivity contribution < 1.29 is 18.0 Å². The first-order valence-corrected chi connectivity index (χ1v) is 8.82. The lowest BCUT2D eigenvalue weighted by atomic mass is 10.2. The maximum absolute atomic E-state index is 13.3. The van der Waals surface area contributed by atoms with Crippen LogP contribution < -0.4 is 5.32 Å². The Bertz CT molecular complexity index is 697. The van der Waals surface area contributed by atoms with E-state index < -0.39 is 22.7 Å². The van der Waals surface area contributed by atoms with E-state index in [0.717, 1.165) is 24.4 Å². The molecule has 0 aliphatic carbocycles. The Labute approximate surface area is 148 Å². The quantitative estimate of drug-likeness (QED) is 0.803. The highest BCUT2D eigenvalue weighted by atomic mass is 32.1. The predicted octanol–water partition coefficient (Wildman–Crippen LogP) is 3.90. The van der Waals surface area contributed by atoms with E-state index in [4.69, 9.17) is 0 Å². The van der Waals surface area contributed by atoms with Crippen LogP contribution in [-0.4, -0.2) is 42.0 Å². The normalized spacial score (nSPS) is 11.8. The molecule has 0 fully saturated rings. The summed E-state index contributed by atoms with van der Waals surface area (Å²) in [7, 11) is 0. The molecule has 2 rings (SSSR count). The molecule has 1 heterocycles. The number of nitrogens with one attached hydrogen (secondary N) is 1. The van der Waals surface area contributed by atoms with Gasteiger partial charge >= 0.3 is 6.18 Å². The Hall–Kier alpha value is -1.93. The summed E-state index contributed by atoms with van der Waals surface area (Å²) in [6.07, 6.45) is -4.67. The maximum atomic E-state index is 13.3. The Morgan fingerprint density at radius 1 is 1.20 bits per heavy atom. The van der Waals surface area contributed by atoms with Crippen molar-refractivity contribution in [3.63, 3.8) is 0 Å². The number of hydrogen-bond acceptors (Lipinski definition) is 4. The summed E-state index contributed by atoms with van der Waals surface area (Å²) in [6.45, 7) is 6.49. The second kappa shape index (κ2) is 8.44. The van der Waals surface area contributed by atoms with Crippen LogP contribution in [0.25, 0.3) is 10.6 Å². The molecule has 8 heteroatoms. The van der Waals surface area contributed by atoms with Gasteiger partial charge in [0.15, 0.2) is 5.69 Å². The zero-order chi connectivity index (χ0) is 18.4. The predicted molar refractivity (Wildman–Crippen MR) is 92.7 cm³/mol. The van der Waals surface area contributed by atoms with E-state index in [9.17, 15) is 18.0 Å². The van der Waals surface area contributed by atoms with Crippen LogP contribution in [0.3, 0.4) is 0 Å². The molecule has 0 atom stereocenters. The van der Waals surface area contributed by atoms with Crippen molar-refractivity contribution in [3.05, 3.63) is 40.9 Å². The molecular weight excluding hydrogens is 351 g/mol. The first-order valence-electron chi connectivity index (χ1n) is 8.00. The Morgan fingerprint density at radius 3 is 2.40 bits per heavy atom. The molecule has 1 aromatic heterocycles. The highest BCUT2D eigenvalue weighted by Gasteiger charge is 2.39. The van der Waals surface area contributed by atoms with Gasteiger partial charge in [0.25, 0.3) is 5.91 Å². The Kier molecular flexibility index (Phi) is 6.55. The minimum absolute atomic E-state index is 0.182. The monoisotopic (exact) mass is 371 g/mol. The van der Waals surface area contributed by atoms with Crippen molar-refractivity contribution in [2.24, 2.45) is 0 Å². The van der Waals surface area contributed by atoms with Crippen LogP contribution in [0.4, 0.5) is 13.2 Å². The smallest absolute Gasteiger partial charge is 0.350 e. The van der Waals surface area contributed by atoms with Crippen molar-refractivity contribution in [1.82, 2.24) is 15.2 Å². The fourth-order valence-electron chi connectivity index (χ4n) is 2.32. The van der Waals surface area contributed by atoms with E-state index in [-0.39, 0.29) is 11.6 Å². The summed E-state index contributed by atoms with van der Waals surface area (Å²) in [6, 6.07) is 8.53. The van der Waals surface area contributed by atoms with Crippen LogP contribution in [0.2, 0.25) is 0 Å². The molecule has 0 saturated carbocycles. The van der Waals surface area contributed by atoms with Gasteiger partial charge in [0, 0.05) is 18.7 Å². The van der Waals surface area contributed by atoms with Gasteiger partial charge in [-0.1, -0.05) is 44.2 Å². The number of thiazole rings is 1. The minimum Gasteiger partial charge on any atom is -0.350 e. The lowest BCUT2D eigenvalue weighted by molar-refractivity contribution is -0.141. The number of rotatable bonds is 7. The van der Waals surface area contributed by atoms with Gasteiger partial charge in [-0.25, -0.2) is 4.98 Å². The number of amides is 1. The summed E-state index contributed by atoms with van der Waals surface area (Å²) < 4.78 is 39.8. The molecule has 2 aromatic rings. The summed E-state index contributed by atoms with van der Waals surface area (Å²) in [5.74, 6) is -0.737. The second-order valence-corrected chi connectivity index (χ2v) is 6.34. The summed E-state index contributed by atoms with van der Waals surface area (Å²) in [5, 5.41) is 2.75. The number of hydrogen-bond donors (Lipinski definition) is 1. The van der Waals surface area contributed by atoms with Crippen molar-refractivity contribution in [2.45, 2.75) is 20.0 Å². The van der Waals surface area contributed by atoms with Crippen LogP contribution in [-0.2, 0) is 6.18 Å². The topological polar surface area (TPSA) is 45.2 Å². The molecular formula is C17H20F3N3OS. The van der Waals surface area contributed by atoms with E-state index in [1.165, 1.54) is 0 Å². The molecule has 0 spiro atoms. The Morgan fingerprint density at radius 2 is 1.84 bits per heavy atom. The fraction of sp³-hybridized carbons (Fsp3) is 0.412. The van der Waals surface area contributed by atoms with Crippen LogP contribution in [0.1, 0.15) is 29.2 Å². The molecule has 136 valence electrons. The largest absolute Gasteiger partial charge is 0.435 e. The number of likely N-dealkylation sites (N-methyl/N-ethyl adjacent to an activating group) is 1. The molecule has 0 saturated heterocycles. The van der Waals surface area contributed by atoms with Crippen molar-refractivity contribution in [3.8, 4) is 10.6 Å². The van der Waals surface area contributed by atoms with Gasteiger partial charge in [-0.3, -0.25) is 4.79 Å². The molecule has 0 bridgehead atoms. The van der Waals surface area contributed by atoms with Gasteiger partial charge < -0.3 is 10.2 Å². The van der Waals surface area contributed by atoms with Crippen LogP contribution in [0.15, 0.2) is 30.3 Å². The van der Waals surface area contributed by atoms with Gasteiger partial charge in [0.1, 0.15) is 9.88 Å². The van der Waals surface area contributed by atoms with Crippen LogP contribution in [0, 0.1) is 0 Å². The third-order valence-corrected chi connectivity index (χ3v) is 4.83. The summed E-state index contributed by atoms with van der Waals surface area (Å²) in [4.78, 5) is 17.6. The fourth-order valence-corrected chi connectivity index (χ4v) is 3.33. The van der Waals surface area contributed by atoms with E-state index in [1.54, 1.807) is 30.3 Å². The number of nitrogens with zero attached hydrogens (tertiary/aromatic N) is 2. The molecule has 0 aliphatic heterocycles. The van der Waals surface area contributed by atoms with Crippen LogP contribution >= 0.6 is 11.3 Å². The zero-order valence-electron chi connectivity index (χ0n) is 14.1. The van der Waals surface area contributed by atoms with Crippen LogP contribution in [0.5, 0.6) is 0 Å². The van der Waals surface area contributed by atoms with Crippen molar-refractivity contribution in [1.29, 1.82) is 0 Å². The first kappa shape index (κ1) is 19.4. The lowest BCUT2D eigenvalue weighted by Crippen LogP contribution is -2.35. The molecule has 1 amide bonds. The van der Waals surface area contributed by atoms with Gasteiger partial charge in [-0.15, -0.1) is 11.3 Å². The number of alkyl halides is 3. The highest BCUT2D eigenvalue weighted by molar-refractivity contribution is 7.17. The van der Waals surface area contributed by atoms with Crippen molar-refractivity contribution >= 4 is 17.2 Å². The second-order valence-electron chi connectivity index (χ2n) is 5.34. The third-order valence-electron chi connectivity index (χ3n) is 3.73. The third kappa shape index (κ3) is 5.02. The standard InChI is InChI=1S/C17H20F3N3OS/c1-3-23(4-2)11-10-21-15(24)13-14(17(18,19)20)22-16(25-13)12-8-6-5-7-9-12/h5-9H,3-4,10-11H2,1-2H3,(H,21,24). The van der Waals surface area contributed by atoms with Gasteiger partial charge in [0.2, 0.25) is 0 Å². The van der Waals surface area contributed by atoms with Gasteiger partial charge in [-0.2, -0.15) is 13.2 Å². The molecule has 4 nitrogen and oxygen atoms in total. The van der Waals surface area contributed by atoms with Gasteiger partial charge in [-0.05, 0) is 13.1 Å². The maximum Gasteiger partial charge on any atom is 0.435 e. The lowest BCUT2D eigenvalue weighted by Gasteiger charge is -2.17. The number of halogens is 3. The van der Waals surface area contributed by atoms with Crippen molar-refractivity contribution in [2.75, 3.05) is 26.2 Å². The molecule has 1 aromatic carbocycles. The van der Waals surface area contributed by atoms with E-state index in [1.807, 2.05) is 13.8 Å². The zero-order valence-corrected chi connectivity index (χ0v) is 14.9. The van der Waals surface area contributed by atoms with Gasteiger partial charge in [0.05, 0.1) is 0 Å². The van der Waals surface area contributed by atoms with E-state index in [0.29, 0.717) is 12.1 Å². The van der Waals surface area contributed by atoms with E-state index in [2.05, 4.69) is 15.2 Å². The molecule has 0 unspecified atom stereocenters. The molecule has 25 heavy (non-hydrogen) atoms. The minimum atomic E-state index is -4.67. The molecule has 0 radical (unpaired) electrons. The molecule has 0 aliphatic rings. The molecule has 1 N–H and O–H groups in total. The number of aromatic nitrogens is 1. The average Bonchev–Trinajstić information content (AvgIpc) is 3.05.